The molecule has 1 aliphatic carbocycles. The lowest BCUT2D eigenvalue weighted by Gasteiger charge is -2.26. The summed E-state index contributed by atoms with van der Waals surface area (Å²) in [5, 5.41) is 7.28. The van der Waals surface area contributed by atoms with E-state index in [4.69, 9.17) is 14.7 Å². The number of hydrogen-bond acceptors (Lipinski definition) is 7. The minimum absolute atomic E-state index is 0. The zero-order valence-corrected chi connectivity index (χ0v) is 21.5. The van der Waals surface area contributed by atoms with E-state index in [1.165, 1.54) is 18.1 Å². The first kappa shape index (κ1) is 27.7. The number of H-pyrrole nitrogens is 1. The first-order valence-corrected chi connectivity index (χ1v) is 12.2. The summed E-state index contributed by atoms with van der Waals surface area (Å²) in [6, 6.07) is 5.78. The summed E-state index contributed by atoms with van der Waals surface area (Å²) < 4.78 is 5.73. The number of amides is 1. The van der Waals surface area contributed by atoms with Gasteiger partial charge in [0.2, 0.25) is 11.9 Å². The monoisotopic (exact) mass is 505 g/mol. The third kappa shape index (κ3) is 6.48. The van der Waals surface area contributed by atoms with E-state index in [0.717, 1.165) is 54.8 Å². The van der Waals surface area contributed by atoms with Crippen molar-refractivity contribution in [3.8, 4) is 5.75 Å². The van der Waals surface area contributed by atoms with Crippen molar-refractivity contribution in [3.63, 3.8) is 0 Å². The van der Waals surface area contributed by atoms with Gasteiger partial charge in [0, 0.05) is 37.8 Å². The van der Waals surface area contributed by atoms with Gasteiger partial charge in [0.15, 0.2) is 0 Å². The number of ether oxygens (including phenoxy) is 1. The Bertz CT molecular complexity index is 1280. The maximum absolute atomic E-state index is 12.2. The molecule has 0 bridgehead atoms. The fourth-order valence-electron chi connectivity index (χ4n) is 4.32. The van der Waals surface area contributed by atoms with Crippen LogP contribution in [0.4, 0.5) is 23.0 Å². The quantitative estimate of drug-likeness (QED) is 0.316. The summed E-state index contributed by atoms with van der Waals surface area (Å²) in [5.74, 6) is 0.787. The molecule has 0 atom stereocenters. The van der Waals surface area contributed by atoms with Gasteiger partial charge in [-0.2, -0.15) is 4.98 Å². The average Bonchev–Trinajstić information content (AvgIpc) is 3.36. The topological polar surface area (TPSA) is 98.4 Å². The van der Waals surface area contributed by atoms with Crippen molar-refractivity contribution in [1.29, 1.82) is 0 Å². The number of anilines is 4. The van der Waals surface area contributed by atoms with Crippen LogP contribution >= 0.6 is 0 Å². The molecule has 3 aromatic rings. The second-order valence-corrected chi connectivity index (χ2v) is 9.22. The molecule has 4 rings (SSSR count). The molecule has 3 N–H and O–H groups in total. The highest BCUT2D eigenvalue weighted by atomic mass is 16.5. The number of methoxy groups -OCH3 is 1. The first-order chi connectivity index (χ1) is 17.4. The number of rotatable bonds is 10. The van der Waals surface area contributed by atoms with E-state index in [-0.39, 0.29) is 13.3 Å². The molecule has 2 aromatic heterocycles. The molecule has 9 nitrogen and oxygen atoms in total. The molecule has 0 saturated carbocycles. The Balaban J connectivity index is 0.00000380. The normalized spacial score (nSPS) is 13.1. The predicted molar refractivity (Wildman–Crippen MR) is 154 cm³/mol. The van der Waals surface area contributed by atoms with Crippen molar-refractivity contribution in [2.75, 3.05) is 56.9 Å². The van der Waals surface area contributed by atoms with Crippen LogP contribution in [0.15, 0.2) is 43.1 Å². The third-order valence-corrected chi connectivity index (χ3v) is 6.31. The number of nitrogens with one attached hydrogen (secondary N) is 3. The Kier molecular flexibility index (Phi) is 9.30. The zero-order chi connectivity index (χ0) is 25.7. The van der Waals surface area contributed by atoms with Crippen LogP contribution in [-0.4, -0.2) is 67.1 Å². The van der Waals surface area contributed by atoms with Gasteiger partial charge in [0.05, 0.1) is 29.9 Å². The van der Waals surface area contributed by atoms with Gasteiger partial charge in [-0.3, -0.25) is 4.79 Å². The van der Waals surface area contributed by atoms with Crippen LogP contribution in [0.3, 0.4) is 0 Å². The van der Waals surface area contributed by atoms with Crippen LogP contribution in [0.5, 0.6) is 5.75 Å². The molecule has 1 amide bonds. The molecule has 0 aliphatic heterocycles. The molecule has 1 aromatic carbocycles. The van der Waals surface area contributed by atoms with Crippen molar-refractivity contribution in [3.05, 3.63) is 48.8 Å². The summed E-state index contributed by atoms with van der Waals surface area (Å²) in [6.45, 7) is 5.22. The van der Waals surface area contributed by atoms with E-state index >= 15 is 0 Å². The second kappa shape index (κ2) is 12.4. The van der Waals surface area contributed by atoms with E-state index < -0.39 is 0 Å². The van der Waals surface area contributed by atoms with Gasteiger partial charge < -0.3 is 30.2 Å². The number of fused-ring (bicyclic) bond motifs is 1. The number of carbonyl (C=O) groups excluding carboxylic acids is 1. The largest absolute Gasteiger partial charge is 0.494 e. The summed E-state index contributed by atoms with van der Waals surface area (Å²) in [6.07, 6.45) is 9.87. The van der Waals surface area contributed by atoms with Crippen molar-refractivity contribution in [2.24, 2.45) is 0 Å². The highest BCUT2D eigenvalue weighted by molar-refractivity contribution is 6.02. The molecule has 198 valence electrons. The van der Waals surface area contributed by atoms with Crippen molar-refractivity contribution >= 4 is 45.5 Å². The maximum Gasteiger partial charge on any atom is 0.247 e. The smallest absolute Gasteiger partial charge is 0.247 e. The van der Waals surface area contributed by atoms with Crippen LogP contribution in [-0.2, 0) is 4.79 Å². The maximum atomic E-state index is 12.2. The summed E-state index contributed by atoms with van der Waals surface area (Å²) in [7, 11) is 7.67. The fourth-order valence-corrected chi connectivity index (χ4v) is 4.32. The predicted octanol–water partition coefficient (Wildman–Crippen LogP) is 5.43. The highest BCUT2D eigenvalue weighted by Crippen LogP contribution is 2.38. The Morgan fingerprint density at radius 3 is 2.68 bits per heavy atom. The standard InChI is InChI=1S/C27H35N7O2.CH4/c1-6-24(35)29-20-16-21(23(36-5)17-22(20)34(4)15-14-33(2)3)30-27-31-25(18-10-8-7-9-11-18)19-12-13-28-26(19)32-27;/h6,10,12-13,16-17H,1,7-9,11,14-15H2,2-5H3,(H,29,35)(H2,28,30,31,32);1H4. The molecule has 0 unspecified atom stereocenters. The van der Waals surface area contributed by atoms with E-state index in [0.29, 0.717) is 23.1 Å². The molecule has 37 heavy (non-hydrogen) atoms. The van der Waals surface area contributed by atoms with Crippen LogP contribution in [0.25, 0.3) is 16.6 Å². The van der Waals surface area contributed by atoms with E-state index in [9.17, 15) is 4.79 Å². The van der Waals surface area contributed by atoms with Crippen LogP contribution in [0, 0.1) is 0 Å². The van der Waals surface area contributed by atoms with Crippen molar-refractivity contribution in [1.82, 2.24) is 19.9 Å². The van der Waals surface area contributed by atoms with Gasteiger partial charge >= 0.3 is 0 Å². The SMILES string of the molecule is C.C=CC(=O)Nc1cc(Nc2nc(C3=CCCCC3)c3cc[nH]c3n2)c(OC)cc1N(C)CCN(C)C. The molecule has 9 heteroatoms. The van der Waals surface area contributed by atoms with Gasteiger partial charge in [-0.15, -0.1) is 0 Å². The number of carbonyl (C=O) groups is 1. The summed E-state index contributed by atoms with van der Waals surface area (Å²) >= 11 is 0. The number of hydrogen-bond donors (Lipinski definition) is 3. The molecular weight excluding hydrogens is 466 g/mol. The lowest BCUT2D eigenvalue weighted by Crippen LogP contribution is -2.29. The minimum atomic E-state index is -0.288. The van der Waals surface area contributed by atoms with Gasteiger partial charge in [-0.1, -0.05) is 20.1 Å². The average molecular weight is 506 g/mol. The molecule has 0 fully saturated rings. The van der Waals surface area contributed by atoms with Crippen LogP contribution in [0.2, 0.25) is 0 Å². The molecule has 1 aliphatic rings. The second-order valence-electron chi connectivity index (χ2n) is 9.22. The molecule has 0 spiro atoms. The Morgan fingerprint density at radius 1 is 1.19 bits per heavy atom. The number of likely N-dealkylation sites (N-methyl/N-ethyl adjacent to an activating group) is 2. The lowest BCUT2D eigenvalue weighted by molar-refractivity contribution is -0.111. The number of aromatic nitrogens is 3. The number of allylic oxidation sites excluding steroid dienone is 2. The molecule has 0 saturated heterocycles. The minimum Gasteiger partial charge on any atom is -0.494 e. The number of benzene rings is 1. The van der Waals surface area contributed by atoms with Crippen LogP contribution < -0.4 is 20.3 Å². The fraction of sp³-hybridized carbons (Fsp3) is 0.393. The summed E-state index contributed by atoms with van der Waals surface area (Å²) in [5.41, 5.74) is 5.09. The van der Waals surface area contributed by atoms with E-state index in [1.54, 1.807) is 7.11 Å². The van der Waals surface area contributed by atoms with Gasteiger partial charge in [0.25, 0.3) is 0 Å². The summed E-state index contributed by atoms with van der Waals surface area (Å²) in [4.78, 5) is 29.2. The Hall–Kier alpha value is -3.85. The molecule has 0 radical (unpaired) electrons. The van der Waals surface area contributed by atoms with Gasteiger partial charge in [-0.05, 0) is 63.6 Å². The van der Waals surface area contributed by atoms with Gasteiger partial charge in [-0.25, -0.2) is 4.98 Å². The number of nitrogens with zero attached hydrogens (tertiary/aromatic N) is 4. The number of aromatic amines is 1. The van der Waals surface area contributed by atoms with Crippen molar-refractivity contribution in [2.45, 2.75) is 33.1 Å². The molecule has 2 heterocycles. The van der Waals surface area contributed by atoms with Crippen molar-refractivity contribution < 1.29 is 9.53 Å². The first-order valence-electron chi connectivity index (χ1n) is 12.2. The third-order valence-electron chi connectivity index (χ3n) is 6.31. The lowest BCUT2D eigenvalue weighted by atomic mass is 9.96. The zero-order valence-electron chi connectivity index (χ0n) is 21.5. The van der Waals surface area contributed by atoms with E-state index in [1.807, 2.05) is 45.5 Å². The Morgan fingerprint density at radius 2 is 2.00 bits per heavy atom. The molecular formula is C28H39N7O2. The van der Waals surface area contributed by atoms with Gasteiger partial charge in [0.1, 0.15) is 11.4 Å². The van der Waals surface area contributed by atoms with E-state index in [2.05, 4.69) is 38.1 Å². The Labute approximate surface area is 219 Å². The van der Waals surface area contributed by atoms with Crippen LogP contribution in [0.1, 0.15) is 38.8 Å². The highest BCUT2D eigenvalue weighted by Gasteiger charge is 2.19.